The van der Waals surface area contributed by atoms with Crippen LogP contribution in [0.5, 0.6) is 0 Å². The molecule has 0 atom stereocenters. The minimum absolute atomic E-state index is 0.131. The molecule has 0 saturated heterocycles. The van der Waals surface area contributed by atoms with Crippen molar-refractivity contribution in [3.8, 4) is 0 Å². The zero-order valence-corrected chi connectivity index (χ0v) is 7.14. The van der Waals surface area contributed by atoms with Crippen LogP contribution in [0.4, 0.5) is 5.69 Å². The van der Waals surface area contributed by atoms with E-state index < -0.39 is 5.91 Å². The number of carbonyl (C=O) groups excluding carboxylic acids is 1. The van der Waals surface area contributed by atoms with E-state index in [0.717, 1.165) is 0 Å². The Balaban J connectivity index is 3.00. The molecule has 1 aromatic carbocycles. The fourth-order valence-corrected chi connectivity index (χ4v) is 1.12. The van der Waals surface area contributed by atoms with E-state index in [4.69, 9.17) is 23.1 Å². The minimum atomic E-state index is -0.413. The number of nitrogens with two attached hydrogens (primary N) is 2. The second kappa shape index (κ2) is 3.45. The maximum Gasteiger partial charge on any atom is 0.221 e. The first-order valence-electron chi connectivity index (χ1n) is 3.42. The molecule has 0 heterocycles. The monoisotopic (exact) mass is 184 g/mol. The highest BCUT2D eigenvalue weighted by Crippen LogP contribution is 2.22. The molecule has 0 bridgehead atoms. The Kier molecular flexibility index (Phi) is 2.55. The average molecular weight is 185 g/mol. The van der Waals surface area contributed by atoms with Crippen molar-refractivity contribution in [2.24, 2.45) is 5.73 Å². The van der Waals surface area contributed by atoms with Crippen molar-refractivity contribution < 1.29 is 4.79 Å². The second-order valence-corrected chi connectivity index (χ2v) is 2.86. The van der Waals surface area contributed by atoms with Gasteiger partial charge in [0, 0.05) is 0 Å². The van der Waals surface area contributed by atoms with Crippen LogP contribution in [0.15, 0.2) is 18.2 Å². The van der Waals surface area contributed by atoms with Crippen LogP contribution < -0.4 is 11.5 Å². The fourth-order valence-electron chi connectivity index (χ4n) is 0.924. The normalized spacial score (nSPS) is 9.75. The Labute approximate surface area is 75.3 Å². The number of para-hydroxylation sites is 1. The number of anilines is 1. The Morgan fingerprint density at radius 2 is 2.17 bits per heavy atom. The summed E-state index contributed by atoms with van der Waals surface area (Å²) in [6.07, 6.45) is 0.131. The van der Waals surface area contributed by atoms with E-state index in [1.807, 2.05) is 0 Å². The minimum Gasteiger partial charge on any atom is -0.397 e. The number of rotatable bonds is 2. The number of carbonyl (C=O) groups is 1. The molecule has 0 radical (unpaired) electrons. The van der Waals surface area contributed by atoms with Crippen molar-refractivity contribution in [3.05, 3.63) is 28.8 Å². The van der Waals surface area contributed by atoms with Crippen LogP contribution >= 0.6 is 11.6 Å². The van der Waals surface area contributed by atoms with Gasteiger partial charge in [0.05, 0.1) is 17.1 Å². The lowest BCUT2D eigenvalue weighted by molar-refractivity contribution is -0.117. The molecule has 1 aromatic rings. The molecule has 0 unspecified atom stereocenters. The molecule has 0 aliphatic rings. The van der Waals surface area contributed by atoms with Crippen molar-refractivity contribution in [2.75, 3.05) is 5.73 Å². The van der Waals surface area contributed by atoms with E-state index in [1.54, 1.807) is 18.2 Å². The predicted molar refractivity (Wildman–Crippen MR) is 48.8 cm³/mol. The summed E-state index contributed by atoms with van der Waals surface area (Å²) in [7, 11) is 0. The van der Waals surface area contributed by atoms with Gasteiger partial charge in [-0.15, -0.1) is 0 Å². The molecule has 0 fully saturated rings. The number of halogens is 1. The maximum atomic E-state index is 10.6. The Morgan fingerprint density at radius 3 is 2.75 bits per heavy atom. The Bertz CT molecular complexity index is 312. The van der Waals surface area contributed by atoms with Gasteiger partial charge in [-0.25, -0.2) is 0 Å². The van der Waals surface area contributed by atoms with Gasteiger partial charge in [0.15, 0.2) is 0 Å². The topological polar surface area (TPSA) is 69.1 Å². The van der Waals surface area contributed by atoms with Gasteiger partial charge in [0.1, 0.15) is 0 Å². The molecule has 4 heteroatoms. The summed E-state index contributed by atoms with van der Waals surface area (Å²) in [5.74, 6) is -0.413. The van der Waals surface area contributed by atoms with Gasteiger partial charge < -0.3 is 11.5 Å². The van der Waals surface area contributed by atoms with Crippen LogP contribution in [0.2, 0.25) is 5.02 Å². The van der Waals surface area contributed by atoms with Gasteiger partial charge >= 0.3 is 0 Å². The van der Waals surface area contributed by atoms with Gasteiger partial charge in [-0.1, -0.05) is 23.7 Å². The van der Waals surface area contributed by atoms with Gasteiger partial charge in [-0.3, -0.25) is 4.79 Å². The van der Waals surface area contributed by atoms with Gasteiger partial charge in [-0.05, 0) is 11.6 Å². The van der Waals surface area contributed by atoms with E-state index >= 15 is 0 Å². The molecular formula is C8H9ClN2O. The average Bonchev–Trinajstić information content (AvgIpc) is 1.98. The van der Waals surface area contributed by atoms with Gasteiger partial charge in [-0.2, -0.15) is 0 Å². The van der Waals surface area contributed by atoms with Gasteiger partial charge in [0.25, 0.3) is 0 Å². The molecular weight excluding hydrogens is 176 g/mol. The first kappa shape index (κ1) is 8.87. The molecule has 0 spiro atoms. The molecule has 3 nitrogen and oxygen atoms in total. The number of benzene rings is 1. The molecule has 4 N–H and O–H groups in total. The third kappa shape index (κ3) is 1.89. The number of hydrogen-bond acceptors (Lipinski definition) is 2. The van der Waals surface area contributed by atoms with E-state index in [2.05, 4.69) is 0 Å². The van der Waals surface area contributed by atoms with E-state index in [0.29, 0.717) is 16.3 Å². The zero-order valence-electron chi connectivity index (χ0n) is 6.38. The second-order valence-electron chi connectivity index (χ2n) is 2.46. The maximum absolute atomic E-state index is 10.6. The highest BCUT2D eigenvalue weighted by Gasteiger charge is 2.04. The molecule has 12 heavy (non-hydrogen) atoms. The smallest absolute Gasteiger partial charge is 0.221 e. The lowest BCUT2D eigenvalue weighted by atomic mass is 10.1. The summed E-state index contributed by atoms with van der Waals surface area (Å²) in [5.41, 5.74) is 11.7. The Hall–Kier alpha value is -1.22. The first-order chi connectivity index (χ1) is 5.61. The molecule has 1 amide bonds. The summed E-state index contributed by atoms with van der Waals surface area (Å²) in [6, 6.07) is 5.13. The molecule has 0 aromatic heterocycles. The van der Waals surface area contributed by atoms with E-state index in [-0.39, 0.29) is 6.42 Å². The largest absolute Gasteiger partial charge is 0.397 e. The predicted octanol–water partition coefficient (Wildman–Crippen LogP) is 0.950. The van der Waals surface area contributed by atoms with Crippen LogP contribution in [-0.4, -0.2) is 5.91 Å². The summed E-state index contributed by atoms with van der Waals surface area (Å²) in [4.78, 5) is 10.6. The van der Waals surface area contributed by atoms with Crippen molar-refractivity contribution in [3.63, 3.8) is 0 Å². The van der Waals surface area contributed by atoms with Crippen molar-refractivity contribution in [1.82, 2.24) is 0 Å². The summed E-state index contributed by atoms with van der Waals surface area (Å²) in [5, 5.41) is 0.453. The number of primary amides is 1. The van der Waals surface area contributed by atoms with Crippen LogP contribution in [0.25, 0.3) is 0 Å². The summed E-state index contributed by atoms with van der Waals surface area (Å²) < 4.78 is 0. The van der Waals surface area contributed by atoms with E-state index in [1.165, 1.54) is 0 Å². The van der Waals surface area contributed by atoms with E-state index in [9.17, 15) is 4.79 Å². The molecule has 1 rings (SSSR count). The number of amides is 1. The van der Waals surface area contributed by atoms with Crippen LogP contribution in [0.3, 0.4) is 0 Å². The number of hydrogen-bond donors (Lipinski definition) is 2. The highest BCUT2D eigenvalue weighted by atomic mass is 35.5. The van der Waals surface area contributed by atoms with Gasteiger partial charge in [0.2, 0.25) is 5.91 Å². The first-order valence-corrected chi connectivity index (χ1v) is 3.80. The zero-order chi connectivity index (χ0) is 9.14. The third-order valence-electron chi connectivity index (χ3n) is 1.51. The lowest BCUT2D eigenvalue weighted by Crippen LogP contribution is -2.14. The highest BCUT2D eigenvalue weighted by molar-refractivity contribution is 6.33. The fraction of sp³-hybridized carbons (Fsp3) is 0.125. The molecule has 64 valence electrons. The quantitative estimate of drug-likeness (QED) is 0.672. The lowest BCUT2D eigenvalue weighted by Gasteiger charge is -2.03. The summed E-state index contributed by atoms with van der Waals surface area (Å²) in [6.45, 7) is 0. The third-order valence-corrected chi connectivity index (χ3v) is 1.84. The van der Waals surface area contributed by atoms with Crippen LogP contribution in [0.1, 0.15) is 5.56 Å². The Morgan fingerprint density at radius 1 is 1.50 bits per heavy atom. The molecule has 0 aliphatic heterocycles. The molecule has 0 saturated carbocycles. The van der Waals surface area contributed by atoms with Crippen molar-refractivity contribution in [1.29, 1.82) is 0 Å². The number of nitrogen functional groups attached to an aromatic ring is 1. The standard InChI is InChI=1S/C8H9ClN2O/c9-6-3-1-2-5(8(6)11)4-7(10)12/h1-3H,4,11H2,(H2,10,12). The van der Waals surface area contributed by atoms with Crippen LogP contribution in [-0.2, 0) is 11.2 Å². The van der Waals surface area contributed by atoms with Crippen molar-refractivity contribution in [2.45, 2.75) is 6.42 Å². The SMILES string of the molecule is NC(=O)Cc1cccc(Cl)c1N. The van der Waals surface area contributed by atoms with Crippen LogP contribution in [0, 0.1) is 0 Å². The summed E-state index contributed by atoms with van der Waals surface area (Å²) >= 11 is 5.72. The molecule has 0 aliphatic carbocycles. The van der Waals surface area contributed by atoms with Crippen molar-refractivity contribution >= 4 is 23.2 Å².